The molecule has 0 saturated carbocycles. The van der Waals surface area contributed by atoms with E-state index in [2.05, 4.69) is 36.7 Å². The highest BCUT2D eigenvalue weighted by Gasteiger charge is 2.15. The summed E-state index contributed by atoms with van der Waals surface area (Å²) >= 11 is 11.5. The summed E-state index contributed by atoms with van der Waals surface area (Å²) in [5.74, 6) is 2.10. The molecule has 2 heterocycles. The van der Waals surface area contributed by atoms with Crippen LogP contribution in [-0.4, -0.2) is 26.5 Å². The molecule has 0 amide bonds. The van der Waals surface area contributed by atoms with Gasteiger partial charge in [-0.05, 0) is 53.8 Å². The van der Waals surface area contributed by atoms with Crippen LogP contribution in [0.15, 0.2) is 16.7 Å². The van der Waals surface area contributed by atoms with Crippen LogP contribution in [0.1, 0.15) is 31.0 Å². The van der Waals surface area contributed by atoms with Gasteiger partial charge in [0.05, 0.1) is 5.38 Å². The first kappa shape index (κ1) is 15.1. The highest BCUT2D eigenvalue weighted by Crippen LogP contribution is 2.25. The first-order chi connectivity index (χ1) is 9.13. The van der Waals surface area contributed by atoms with Crippen LogP contribution in [0.2, 0.25) is 0 Å². The molecule has 0 bridgehead atoms. The van der Waals surface area contributed by atoms with Gasteiger partial charge in [-0.15, -0.1) is 11.6 Å². The minimum Gasteiger partial charge on any atom is -0.311 e. The molecule has 2 aromatic rings. The average molecular weight is 363 g/mol. The Hall–Kier alpha value is -0.260. The normalized spacial score (nSPS) is 13.1. The number of aromatic nitrogens is 3. The van der Waals surface area contributed by atoms with Crippen molar-refractivity contribution in [1.29, 1.82) is 0 Å². The number of alkyl halides is 1. The van der Waals surface area contributed by atoms with Gasteiger partial charge in [0.15, 0.2) is 5.65 Å². The lowest BCUT2D eigenvalue weighted by Crippen LogP contribution is -2.05. The van der Waals surface area contributed by atoms with Crippen molar-refractivity contribution >= 4 is 50.5 Å². The van der Waals surface area contributed by atoms with E-state index in [1.165, 1.54) is 12.2 Å². The number of thioether (sulfide) groups is 1. The van der Waals surface area contributed by atoms with Crippen molar-refractivity contribution in [2.24, 2.45) is 0 Å². The molecule has 0 radical (unpaired) electrons. The van der Waals surface area contributed by atoms with Gasteiger partial charge in [0, 0.05) is 17.2 Å². The van der Waals surface area contributed by atoms with Crippen molar-refractivity contribution in [3.8, 4) is 0 Å². The highest BCUT2D eigenvalue weighted by atomic mass is 79.9. The molecule has 2 rings (SSSR count). The van der Waals surface area contributed by atoms with E-state index in [9.17, 15) is 0 Å². The molecular weight excluding hydrogens is 346 g/mol. The Balaban J connectivity index is 2.30. The number of halogens is 2. The molecule has 0 saturated heterocycles. The van der Waals surface area contributed by atoms with Gasteiger partial charge in [-0.2, -0.15) is 11.8 Å². The molecule has 0 N–H and O–H groups in total. The number of rotatable bonds is 6. The molecule has 1 unspecified atom stereocenters. The number of fused-ring (bicyclic) bond motifs is 1. The molecule has 0 spiro atoms. The largest absolute Gasteiger partial charge is 0.311 e. The van der Waals surface area contributed by atoms with Gasteiger partial charge in [0.25, 0.3) is 0 Å². The summed E-state index contributed by atoms with van der Waals surface area (Å²) in [6.07, 6.45) is 6.27. The third-order valence-electron chi connectivity index (χ3n) is 2.92. The summed E-state index contributed by atoms with van der Waals surface area (Å²) in [4.78, 5) is 9.08. The number of hydrogen-bond donors (Lipinski definition) is 0. The van der Waals surface area contributed by atoms with Gasteiger partial charge < -0.3 is 4.57 Å². The van der Waals surface area contributed by atoms with Crippen LogP contribution < -0.4 is 0 Å². The number of aryl methyl sites for hydroxylation is 1. The van der Waals surface area contributed by atoms with E-state index in [4.69, 9.17) is 11.6 Å². The lowest BCUT2D eigenvalue weighted by molar-refractivity contribution is 0.615. The van der Waals surface area contributed by atoms with E-state index < -0.39 is 0 Å². The van der Waals surface area contributed by atoms with Crippen molar-refractivity contribution in [2.75, 3.05) is 12.0 Å². The number of hydrogen-bond acceptors (Lipinski definition) is 3. The Morgan fingerprint density at radius 2 is 2.26 bits per heavy atom. The van der Waals surface area contributed by atoms with E-state index in [0.29, 0.717) is 0 Å². The van der Waals surface area contributed by atoms with E-state index in [0.717, 1.165) is 34.4 Å². The standard InChI is InChI=1S/C13H17BrClN3S/c1-9(15)12-17-11-7-10(14)8-16-13(11)18(12)5-3-4-6-19-2/h7-9H,3-6H2,1-2H3. The quantitative estimate of drug-likeness (QED) is 0.554. The second-order valence-corrected chi connectivity index (χ2v) is 6.99. The lowest BCUT2D eigenvalue weighted by atomic mass is 10.3. The summed E-state index contributed by atoms with van der Waals surface area (Å²) in [5, 5.41) is -0.103. The van der Waals surface area contributed by atoms with Crippen LogP contribution >= 0.6 is 39.3 Å². The first-order valence-electron chi connectivity index (χ1n) is 6.28. The van der Waals surface area contributed by atoms with Crippen molar-refractivity contribution in [3.63, 3.8) is 0 Å². The van der Waals surface area contributed by atoms with Crippen LogP contribution in [0.4, 0.5) is 0 Å². The average Bonchev–Trinajstić information content (AvgIpc) is 2.72. The fraction of sp³-hybridized carbons (Fsp3) is 0.538. The molecule has 0 aliphatic carbocycles. The maximum absolute atomic E-state index is 6.23. The monoisotopic (exact) mass is 361 g/mol. The summed E-state index contributed by atoms with van der Waals surface area (Å²) in [5.41, 5.74) is 1.83. The van der Waals surface area contributed by atoms with E-state index in [-0.39, 0.29) is 5.38 Å². The van der Waals surface area contributed by atoms with Gasteiger partial charge in [-0.25, -0.2) is 9.97 Å². The van der Waals surface area contributed by atoms with Gasteiger partial charge in [-0.1, -0.05) is 0 Å². The van der Waals surface area contributed by atoms with Gasteiger partial charge in [0.2, 0.25) is 0 Å². The van der Waals surface area contributed by atoms with E-state index in [1.807, 2.05) is 30.9 Å². The Labute approximate surface area is 131 Å². The molecule has 6 heteroatoms. The predicted molar refractivity (Wildman–Crippen MR) is 87.1 cm³/mol. The molecule has 3 nitrogen and oxygen atoms in total. The summed E-state index contributed by atoms with van der Waals surface area (Å²) in [7, 11) is 0. The third-order valence-corrected chi connectivity index (χ3v) is 4.24. The fourth-order valence-corrected chi connectivity index (χ4v) is 3.02. The third kappa shape index (κ3) is 3.64. The first-order valence-corrected chi connectivity index (χ1v) is 8.90. The molecule has 0 aliphatic rings. The lowest BCUT2D eigenvalue weighted by Gasteiger charge is -2.09. The smallest absolute Gasteiger partial charge is 0.160 e. The van der Waals surface area contributed by atoms with Crippen LogP contribution in [0.25, 0.3) is 11.2 Å². The number of imidazole rings is 1. The molecular formula is C13H17BrClN3S. The van der Waals surface area contributed by atoms with E-state index in [1.54, 1.807) is 0 Å². The second-order valence-electron chi connectivity index (χ2n) is 4.43. The summed E-state index contributed by atoms with van der Waals surface area (Å²) in [6, 6.07) is 1.99. The Kier molecular flexibility index (Phi) is 5.54. The molecule has 104 valence electrons. The van der Waals surface area contributed by atoms with E-state index >= 15 is 0 Å². The molecule has 0 aliphatic heterocycles. The zero-order valence-corrected chi connectivity index (χ0v) is 14.2. The predicted octanol–water partition coefficient (Wildman–Crippen LogP) is 4.64. The molecule has 0 aromatic carbocycles. The van der Waals surface area contributed by atoms with Crippen molar-refractivity contribution in [2.45, 2.75) is 31.7 Å². The molecule has 2 aromatic heterocycles. The minimum absolute atomic E-state index is 0.103. The van der Waals surface area contributed by atoms with Crippen LogP contribution in [0.5, 0.6) is 0 Å². The maximum Gasteiger partial charge on any atom is 0.160 e. The zero-order valence-electron chi connectivity index (χ0n) is 11.1. The Bertz CT molecular complexity index is 556. The Morgan fingerprint density at radius 3 is 2.95 bits per heavy atom. The van der Waals surface area contributed by atoms with Gasteiger partial charge in [-0.3, -0.25) is 0 Å². The summed E-state index contributed by atoms with van der Waals surface area (Å²) < 4.78 is 3.10. The van der Waals surface area contributed by atoms with Crippen molar-refractivity contribution < 1.29 is 0 Å². The SMILES string of the molecule is CSCCCCn1c(C(C)Cl)nc2cc(Br)cnc21. The Morgan fingerprint density at radius 1 is 1.47 bits per heavy atom. The molecule has 0 fully saturated rings. The van der Waals surface area contributed by atoms with Crippen LogP contribution in [-0.2, 0) is 6.54 Å². The zero-order chi connectivity index (χ0) is 13.8. The fourth-order valence-electron chi connectivity index (χ4n) is 2.04. The highest BCUT2D eigenvalue weighted by molar-refractivity contribution is 9.10. The minimum atomic E-state index is -0.103. The molecule has 1 atom stereocenters. The molecule has 19 heavy (non-hydrogen) atoms. The van der Waals surface area contributed by atoms with Crippen LogP contribution in [0.3, 0.4) is 0 Å². The summed E-state index contributed by atoms with van der Waals surface area (Å²) in [6.45, 7) is 2.88. The number of unbranched alkanes of at least 4 members (excludes halogenated alkanes) is 1. The number of pyridine rings is 1. The van der Waals surface area contributed by atoms with Gasteiger partial charge in [0.1, 0.15) is 11.3 Å². The second kappa shape index (κ2) is 6.95. The van der Waals surface area contributed by atoms with Crippen molar-refractivity contribution in [1.82, 2.24) is 14.5 Å². The van der Waals surface area contributed by atoms with Crippen molar-refractivity contribution in [3.05, 3.63) is 22.6 Å². The topological polar surface area (TPSA) is 30.7 Å². The van der Waals surface area contributed by atoms with Gasteiger partial charge >= 0.3 is 0 Å². The maximum atomic E-state index is 6.23. The van der Waals surface area contributed by atoms with Crippen LogP contribution in [0, 0.1) is 0 Å². The number of nitrogens with zero attached hydrogens (tertiary/aromatic N) is 3.